The van der Waals surface area contributed by atoms with Crippen molar-refractivity contribution in [2.45, 2.75) is 6.04 Å². The van der Waals surface area contributed by atoms with Crippen LogP contribution in [0, 0.1) is 11.6 Å². The molecule has 0 aromatic heterocycles. The van der Waals surface area contributed by atoms with Crippen molar-refractivity contribution < 1.29 is 18.4 Å². The number of carbonyl (C=O) groups excluding carboxylic acids is 2. The summed E-state index contributed by atoms with van der Waals surface area (Å²) in [6.07, 6.45) is 0. The fourth-order valence-corrected chi connectivity index (χ4v) is 2.00. The Morgan fingerprint density at radius 1 is 1.04 bits per heavy atom. The molecule has 2 rings (SSSR count). The van der Waals surface area contributed by atoms with Crippen molar-refractivity contribution in [1.29, 1.82) is 0 Å². The standard InChI is InChI=1S/C16H15F2N3O2/c17-12-7-6-11(8-13(12)18)21-14(22)9-20-15(16(19)23)10-4-2-1-3-5-10/h1-8,15,20H,9H2,(H2,19,23)(H,21,22)/t15-/m1/s1. The molecule has 0 saturated carbocycles. The predicted molar refractivity (Wildman–Crippen MR) is 81.4 cm³/mol. The summed E-state index contributed by atoms with van der Waals surface area (Å²) in [7, 11) is 0. The monoisotopic (exact) mass is 319 g/mol. The van der Waals surface area contributed by atoms with E-state index in [4.69, 9.17) is 5.73 Å². The predicted octanol–water partition coefficient (Wildman–Crippen LogP) is 1.72. The number of halogens is 2. The number of rotatable bonds is 6. The average molecular weight is 319 g/mol. The first-order valence-corrected chi connectivity index (χ1v) is 6.80. The number of hydrogen-bond donors (Lipinski definition) is 3. The Kier molecular flexibility index (Phi) is 5.37. The molecule has 23 heavy (non-hydrogen) atoms. The molecular formula is C16H15F2N3O2. The zero-order chi connectivity index (χ0) is 16.8. The Balaban J connectivity index is 1.96. The van der Waals surface area contributed by atoms with Crippen LogP contribution in [0.4, 0.5) is 14.5 Å². The van der Waals surface area contributed by atoms with Crippen LogP contribution in [0.3, 0.4) is 0 Å². The summed E-state index contributed by atoms with van der Waals surface area (Å²) in [4.78, 5) is 23.3. The smallest absolute Gasteiger partial charge is 0.239 e. The molecule has 5 nitrogen and oxygen atoms in total. The highest BCUT2D eigenvalue weighted by molar-refractivity contribution is 5.92. The number of anilines is 1. The largest absolute Gasteiger partial charge is 0.368 e. The first-order valence-electron chi connectivity index (χ1n) is 6.80. The van der Waals surface area contributed by atoms with Crippen molar-refractivity contribution in [3.05, 3.63) is 65.7 Å². The van der Waals surface area contributed by atoms with Crippen molar-refractivity contribution in [1.82, 2.24) is 5.32 Å². The number of benzene rings is 2. The molecule has 7 heteroatoms. The third kappa shape index (κ3) is 4.58. The van der Waals surface area contributed by atoms with E-state index in [1.54, 1.807) is 30.3 Å². The molecule has 0 aliphatic carbocycles. The molecule has 0 saturated heterocycles. The molecule has 0 spiro atoms. The quantitative estimate of drug-likeness (QED) is 0.758. The molecule has 0 unspecified atom stereocenters. The second-order valence-corrected chi connectivity index (χ2v) is 4.80. The van der Waals surface area contributed by atoms with Gasteiger partial charge in [-0.2, -0.15) is 0 Å². The maximum atomic E-state index is 13.1. The average Bonchev–Trinajstić information content (AvgIpc) is 2.52. The molecule has 2 aromatic rings. The van der Waals surface area contributed by atoms with Crippen molar-refractivity contribution in [2.75, 3.05) is 11.9 Å². The maximum absolute atomic E-state index is 13.1. The second kappa shape index (κ2) is 7.46. The van der Waals surface area contributed by atoms with Gasteiger partial charge in [-0.25, -0.2) is 8.78 Å². The molecule has 0 bridgehead atoms. The number of hydrogen-bond acceptors (Lipinski definition) is 3. The summed E-state index contributed by atoms with van der Waals surface area (Å²) in [6.45, 7) is -0.221. The van der Waals surface area contributed by atoms with E-state index in [1.165, 1.54) is 6.07 Å². The first-order chi connectivity index (χ1) is 11.0. The Morgan fingerprint density at radius 2 is 1.74 bits per heavy atom. The SMILES string of the molecule is NC(=O)[C@H](NCC(=O)Nc1ccc(F)c(F)c1)c1ccccc1. The van der Waals surface area contributed by atoms with Crippen LogP contribution >= 0.6 is 0 Å². The third-order valence-corrected chi connectivity index (χ3v) is 3.09. The summed E-state index contributed by atoms with van der Waals surface area (Å²) in [6, 6.07) is 10.9. The molecular weight excluding hydrogens is 304 g/mol. The number of nitrogens with one attached hydrogen (secondary N) is 2. The minimum Gasteiger partial charge on any atom is -0.368 e. The number of carbonyl (C=O) groups is 2. The van der Waals surface area contributed by atoms with Crippen LogP contribution in [0.2, 0.25) is 0 Å². The minimum absolute atomic E-state index is 0.117. The van der Waals surface area contributed by atoms with Gasteiger partial charge >= 0.3 is 0 Å². The van der Waals surface area contributed by atoms with E-state index in [0.717, 1.165) is 12.1 Å². The Morgan fingerprint density at radius 3 is 2.35 bits per heavy atom. The lowest BCUT2D eigenvalue weighted by atomic mass is 10.1. The Hall–Kier alpha value is -2.80. The summed E-state index contributed by atoms with van der Waals surface area (Å²) in [5.74, 6) is -3.20. The van der Waals surface area contributed by atoms with Crippen molar-refractivity contribution in [3.8, 4) is 0 Å². The number of amides is 2. The van der Waals surface area contributed by atoms with Crippen molar-refractivity contribution >= 4 is 17.5 Å². The molecule has 0 aliphatic heterocycles. The Labute approximate surface area is 131 Å². The highest BCUT2D eigenvalue weighted by Crippen LogP contribution is 2.14. The molecule has 0 radical (unpaired) electrons. The van der Waals surface area contributed by atoms with E-state index in [1.807, 2.05) is 0 Å². The third-order valence-electron chi connectivity index (χ3n) is 3.09. The van der Waals surface area contributed by atoms with Gasteiger partial charge in [0.15, 0.2) is 11.6 Å². The van der Waals surface area contributed by atoms with Crippen LogP contribution in [0.25, 0.3) is 0 Å². The van der Waals surface area contributed by atoms with Crippen LogP contribution in [0.5, 0.6) is 0 Å². The zero-order valence-corrected chi connectivity index (χ0v) is 12.1. The van der Waals surface area contributed by atoms with Gasteiger partial charge in [0, 0.05) is 11.8 Å². The molecule has 0 fully saturated rings. The summed E-state index contributed by atoms with van der Waals surface area (Å²) in [5, 5.41) is 5.12. The van der Waals surface area contributed by atoms with Gasteiger partial charge in [0.25, 0.3) is 0 Å². The molecule has 4 N–H and O–H groups in total. The van der Waals surface area contributed by atoms with Crippen LogP contribution < -0.4 is 16.4 Å². The minimum atomic E-state index is -1.06. The zero-order valence-electron chi connectivity index (χ0n) is 12.1. The normalized spacial score (nSPS) is 11.7. The molecule has 1 atom stereocenters. The lowest BCUT2D eigenvalue weighted by Gasteiger charge is -2.15. The van der Waals surface area contributed by atoms with Crippen LogP contribution in [-0.4, -0.2) is 18.4 Å². The van der Waals surface area contributed by atoms with Crippen LogP contribution in [-0.2, 0) is 9.59 Å². The van der Waals surface area contributed by atoms with E-state index < -0.39 is 29.5 Å². The van der Waals surface area contributed by atoms with Gasteiger partial charge in [-0.3, -0.25) is 14.9 Å². The van der Waals surface area contributed by atoms with Gasteiger partial charge in [-0.15, -0.1) is 0 Å². The molecule has 0 heterocycles. The van der Waals surface area contributed by atoms with Gasteiger partial charge in [0.05, 0.1) is 6.54 Å². The highest BCUT2D eigenvalue weighted by atomic mass is 19.2. The summed E-state index contributed by atoms with van der Waals surface area (Å²) in [5.41, 5.74) is 6.06. The molecule has 120 valence electrons. The fourth-order valence-electron chi connectivity index (χ4n) is 2.00. The van der Waals surface area contributed by atoms with Crippen molar-refractivity contribution in [3.63, 3.8) is 0 Å². The Bertz CT molecular complexity index is 708. The number of primary amides is 1. The van der Waals surface area contributed by atoms with E-state index in [0.29, 0.717) is 5.56 Å². The first kappa shape index (κ1) is 16.6. The van der Waals surface area contributed by atoms with E-state index in [9.17, 15) is 18.4 Å². The van der Waals surface area contributed by atoms with E-state index in [-0.39, 0.29) is 12.2 Å². The second-order valence-electron chi connectivity index (χ2n) is 4.80. The number of nitrogens with two attached hydrogens (primary N) is 1. The maximum Gasteiger partial charge on any atom is 0.239 e. The van der Waals surface area contributed by atoms with Gasteiger partial charge in [0.1, 0.15) is 6.04 Å². The molecule has 2 amide bonds. The van der Waals surface area contributed by atoms with Crippen LogP contribution in [0.15, 0.2) is 48.5 Å². The lowest BCUT2D eigenvalue weighted by molar-refractivity contribution is -0.120. The van der Waals surface area contributed by atoms with Crippen LogP contribution in [0.1, 0.15) is 11.6 Å². The van der Waals surface area contributed by atoms with Gasteiger partial charge in [-0.1, -0.05) is 30.3 Å². The van der Waals surface area contributed by atoms with E-state index >= 15 is 0 Å². The lowest BCUT2D eigenvalue weighted by Crippen LogP contribution is -2.38. The summed E-state index contributed by atoms with van der Waals surface area (Å²) < 4.78 is 25.9. The topological polar surface area (TPSA) is 84.2 Å². The van der Waals surface area contributed by atoms with E-state index in [2.05, 4.69) is 10.6 Å². The van der Waals surface area contributed by atoms with Gasteiger partial charge < -0.3 is 11.1 Å². The van der Waals surface area contributed by atoms with Gasteiger partial charge in [-0.05, 0) is 17.7 Å². The van der Waals surface area contributed by atoms with Crippen molar-refractivity contribution in [2.24, 2.45) is 5.73 Å². The highest BCUT2D eigenvalue weighted by Gasteiger charge is 2.18. The fraction of sp³-hybridized carbons (Fsp3) is 0.125. The molecule has 0 aliphatic rings. The molecule has 2 aromatic carbocycles. The van der Waals surface area contributed by atoms with Gasteiger partial charge in [0.2, 0.25) is 11.8 Å². The summed E-state index contributed by atoms with van der Waals surface area (Å²) >= 11 is 0.